The number of rotatable bonds is 6. The number of halogens is 2. The van der Waals surface area contributed by atoms with Crippen LogP contribution >= 0.6 is 0 Å². The zero-order chi connectivity index (χ0) is 23.9. The second-order valence-corrected chi connectivity index (χ2v) is 7.98. The van der Waals surface area contributed by atoms with Gasteiger partial charge < -0.3 is 15.5 Å². The smallest absolute Gasteiger partial charge is 0.313 e. The summed E-state index contributed by atoms with van der Waals surface area (Å²) in [7, 11) is 0. The Balaban J connectivity index is 1.38. The standard InChI is InChI=1S/C25H25F2N5O2/c26-19-6-8-22(9-7-19)31-11-13-32(14-12-31)23(18-3-2-10-28-16-18)17-29-24(33)25(34)30-21-5-1-4-20(27)15-21/h1-10,15-16,23H,11-14,17H2,(H,29,33)(H,30,34)/t23-/m1/s1. The minimum Gasteiger partial charge on any atom is -0.369 e. The normalized spacial score (nSPS) is 14.9. The number of piperazine rings is 1. The maximum absolute atomic E-state index is 13.3. The first kappa shape index (κ1) is 23.3. The molecule has 9 heteroatoms. The van der Waals surface area contributed by atoms with E-state index >= 15 is 0 Å². The van der Waals surface area contributed by atoms with Crippen molar-refractivity contribution in [2.45, 2.75) is 6.04 Å². The van der Waals surface area contributed by atoms with Gasteiger partial charge in [-0.3, -0.25) is 19.5 Å². The molecule has 176 valence electrons. The molecule has 0 bridgehead atoms. The van der Waals surface area contributed by atoms with Crippen LogP contribution in [0.25, 0.3) is 0 Å². The van der Waals surface area contributed by atoms with E-state index in [2.05, 4.69) is 25.4 Å². The number of pyridine rings is 1. The third-order valence-electron chi connectivity index (χ3n) is 5.76. The largest absolute Gasteiger partial charge is 0.369 e. The van der Waals surface area contributed by atoms with Gasteiger partial charge in [-0.2, -0.15) is 0 Å². The van der Waals surface area contributed by atoms with Crippen LogP contribution in [0.15, 0.2) is 73.1 Å². The first-order chi connectivity index (χ1) is 16.5. The van der Waals surface area contributed by atoms with Crippen molar-refractivity contribution in [2.24, 2.45) is 0 Å². The summed E-state index contributed by atoms with van der Waals surface area (Å²) in [5, 5.41) is 5.10. The highest BCUT2D eigenvalue weighted by Crippen LogP contribution is 2.24. The topological polar surface area (TPSA) is 77.6 Å². The van der Waals surface area contributed by atoms with Crippen LogP contribution in [0, 0.1) is 11.6 Å². The van der Waals surface area contributed by atoms with E-state index in [-0.39, 0.29) is 24.1 Å². The van der Waals surface area contributed by atoms with Crippen LogP contribution in [-0.2, 0) is 9.59 Å². The van der Waals surface area contributed by atoms with Crippen molar-refractivity contribution in [2.75, 3.05) is 42.9 Å². The Labute approximate surface area is 196 Å². The summed E-state index contributed by atoms with van der Waals surface area (Å²) in [5.74, 6) is -2.44. The average molecular weight is 466 g/mol. The third-order valence-corrected chi connectivity index (χ3v) is 5.76. The fourth-order valence-electron chi connectivity index (χ4n) is 4.00. The van der Waals surface area contributed by atoms with Gasteiger partial charge in [0.25, 0.3) is 0 Å². The van der Waals surface area contributed by atoms with Gasteiger partial charge in [-0.25, -0.2) is 8.78 Å². The van der Waals surface area contributed by atoms with Gasteiger partial charge in [0, 0.05) is 56.5 Å². The predicted molar refractivity (Wildman–Crippen MR) is 125 cm³/mol. The molecule has 2 aromatic carbocycles. The average Bonchev–Trinajstić information content (AvgIpc) is 2.85. The molecule has 1 aliphatic rings. The van der Waals surface area contributed by atoms with Gasteiger partial charge >= 0.3 is 11.8 Å². The number of anilines is 2. The first-order valence-electron chi connectivity index (χ1n) is 11.0. The van der Waals surface area contributed by atoms with E-state index in [1.165, 1.54) is 30.3 Å². The lowest BCUT2D eigenvalue weighted by atomic mass is 10.1. The predicted octanol–water partition coefficient (Wildman–Crippen LogP) is 2.98. The molecule has 1 fully saturated rings. The number of hydrogen-bond donors (Lipinski definition) is 2. The Hall–Kier alpha value is -3.85. The van der Waals surface area contributed by atoms with Crippen molar-refractivity contribution in [1.29, 1.82) is 0 Å². The lowest BCUT2D eigenvalue weighted by Gasteiger charge is -2.40. The minimum absolute atomic E-state index is 0.185. The Kier molecular flexibility index (Phi) is 7.44. The molecule has 3 aromatic rings. The summed E-state index contributed by atoms with van der Waals surface area (Å²) in [5.41, 5.74) is 2.09. The maximum Gasteiger partial charge on any atom is 0.313 e. The quantitative estimate of drug-likeness (QED) is 0.548. The Morgan fingerprint density at radius 2 is 1.68 bits per heavy atom. The third kappa shape index (κ3) is 5.93. The maximum atomic E-state index is 13.3. The van der Waals surface area contributed by atoms with Crippen molar-refractivity contribution in [1.82, 2.24) is 15.2 Å². The number of nitrogens with one attached hydrogen (secondary N) is 2. The summed E-state index contributed by atoms with van der Waals surface area (Å²) in [6.45, 7) is 3.09. The molecule has 0 aliphatic carbocycles. The molecule has 1 atom stereocenters. The summed E-state index contributed by atoms with van der Waals surface area (Å²) >= 11 is 0. The second-order valence-electron chi connectivity index (χ2n) is 7.98. The Bertz CT molecular complexity index is 1120. The Morgan fingerprint density at radius 1 is 0.912 bits per heavy atom. The number of nitrogens with zero attached hydrogens (tertiary/aromatic N) is 3. The van der Waals surface area contributed by atoms with Gasteiger partial charge in [0.05, 0.1) is 6.04 Å². The van der Waals surface area contributed by atoms with Crippen molar-refractivity contribution < 1.29 is 18.4 Å². The van der Waals surface area contributed by atoms with Crippen LogP contribution in [-0.4, -0.2) is 54.4 Å². The van der Waals surface area contributed by atoms with E-state index in [1.54, 1.807) is 24.5 Å². The molecular formula is C25H25F2N5O2. The van der Waals surface area contributed by atoms with Crippen LogP contribution in [0.2, 0.25) is 0 Å². The summed E-state index contributed by atoms with van der Waals surface area (Å²) in [4.78, 5) is 33.3. The van der Waals surface area contributed by atoms with Crippen LogP contribution in [0.4, 0.5) is 20.2 Å². The lowest BCUT2D eigenvalue weighted by molar-refractivity contribution is -0.136. The minimum atomic E-state index is -0.864. The fourth-order valence-corrected chi connectivity index (χ4v) is 4.00. The molecule has 7 nitrogen and oxygen atoms in total. The number of hydrogen-bond acceptors (Lipinski definition) is 5. The van der Waals surface area contributed by atoms with Gasteiger partial charge in [0.1, 0.15) is 11.6 Å². The first-order valence-corrected chi connectivity index (χ1v) is 11.0. The van der Waals surface area contributed by atoms with Gasteiger partial charge in [-0.1, -0.05) is 12.1 Å². The molecule has 0 unspecified atom stereocenters. The molecule has 2 N–H and O–H groups in total. The van der Waals surface area contributed by atoms with Crippen LogP contribution in [0.3, 0.4) is 0 Å². The monoisotopic (exact) mass is 465 g/mol. The van der Waals surface area contributed by atoms with Crippen LogP contribution in [0.1, 0.15) is 11.6 Å². The summed E-state index contributed by atoms with van der Waals surface area (Å²) in [6.07, 6.45) is 3.42. The summed E-state index contributed by atoms with van der Waals surface area (Å²) < 4.78 is 26.6. The molecule has 1 aromatic heterocycles. The second kappa shape index (κ2) is 10.8. The van der Waals surface area contributed by atoms with Crippen LogP contribution < -0.4 is 15.5 Å². The SMILES string of the molecule is O=C(NC[C@H](c1cccnc1)N1CCN(c2ccc(F)cc2)CC1)C(=O)Nc1cccc(F)c1. The van der Waals surface area contributed by atoms with Gasteiger partial charge in [0.2, 0.25) is 0 Å². The van der Waals surface area contributed by atoms with E-state index < -0.39 is 17.6 Å². The highest BCUT2D eigenvalue weighted by atomic mass is 19.1. The molecule has 0 radical (unpaired) electrons. The van der Waals surface area contributed by atoms with Crippen molar-refractivity contribution >= 4 is 23.2 Å². The Morgan fingerprint density at radius 3 is 2.35 bits per heavy atom. The number of aromatic nitrogens is 1. The molecule has 0 saturated carbocycles. The molecule has 2 heterocycles. The molecular weight excluding hydrogens is 440 g/mol. The van der Waals surface area contributed by atoms with Crippen molar-refractivity contribution in [3.05, 3.63) is 90.3 Å². The van der Waals surface area contributed by atoms with Crippen LogP contribution in [0.5, 0.6) is 0 Å². The zero-order valence-electron chi connectivity index (χ0n) is 18.5. The van der Waals surface area contributed by atoms with E-state index in [0.717, 1.165) is 30.4 Å². The van der Waals surface area contributed by atoms with E-state index in [0.29, 0.717) is 13.1 Å². The number of benzene rings is 2. The molecule has 1 saturated heterocycles. The van der Waals surface area contributed by atoms with Gasteiger partial charge in [-0.15, -0.1) is 0 Å². The van der Waals surface area contributed by atoms with Crippen molar-refractivity contribution in [3.63, 3.8) is 0 Å². The van der Waals surface area contributed by atoms with Crippen molar-refractivity contribution in [3.8, 4) is 0 Å². The van der Waals surface area contributed by atoms with Gasteiger partial charge in [-0.05, 0) is 54.1 Å². The number of amides is 2. The zero-order valence-corrected chi connectivity index (χ0v) is 18.5. The summed E-state index contributed by atoms with van der Waals surface area (Å²) in [6, 6.07) is 15.4. The van der Waals surface area contributed by atoms with E-state index in [9.17, 15) is 18.4 Å². The molecule has 34 heavy (non-hydrogen) atoms. The molecule has 1 aliphatic heterocycles. The number of carbonyl (C=O) groups is 2. The van der Waals surface area contributed by atoms with E-state index in [4.69, 9.17) is 0 Å². The highest BCUT2D eigenvalue weighted by molar-refractivity contribution is 6.39. The fraction of sp³-hybridized carbons (Fsp3) is 0.240. The molecule has 0 spiro atoms. The molecule has 4 rings (SSSR count). The van der Waals surface area contributed by atoms with Gasteiger partial charge in [0.15, 0.2) is 0 Å². The lowest BCUT2D eigenvalue weighted by Crippen LogP contribution is -2.50. The number of carbonyl (C=O) groups excluding carboxylic acids is 2. The molecule has 2 amide bonds. The highest BCUT2D eigenvalue weighted by Gasteiger charge is 2.27. The van der Waals surface area contributed by atoms with E-state index in [1.807, 2.05) is 12.1 Å².